The van der Waals surface area contributed by atoms with Crippen LogP contribution in [0.1, 0.15) is 17.3 Å². The highest BCUT2D eigenvalue weighted by molar-refractivity contribution is 6.05. The summed E-state index contributed by atoms with van der Waals surface area (Å²) in [6.07, 6.45) is 3.56. The van der Waals surface area contributed by atoms with E-state index in [4.69, 9.17) is 0 Å². The minimum atomic E-state index is -0.224. The van der Waals surface area contributed by atoms with Gasteiger partial charge in [0.15, 0.2) is 5.84 Å². The predicted molar refractivity (Wildman–Crippen MR) is 145 cm³/mol. The molecule has 0 saturated heterocycles. The van der Waals surface area contributed by atoms with E-state index in [0.29, 0.717) is 22.8 Å². The fraction of sp³-hybridized carbons (Fsp3) is 0.0714. The van der Waals surface area contributed by atoms with Crippen LogP contribution in [0.2, 0.25) is 0 Å². The van der Waals surface area contributed by atoms with Gasteiger partial charge in [-0.3, -0.25) is 9.78 Å². The summed E-state index contributed by atoms with van der Waals surface area (Å²) in [4.78, 5) is 25.6. The molecule has 174 valence electrons. The molecule has 1 amide bonds. The summed E-state index contributed by atoms with van der Waals surface area (Å²) < 4.78 is 0. The SMILES string of the molecule is C=NC(C=C(C)NC)=Nc1cccc(C(=O)Nc2ccc(Nc3ccnc4ccccc34)cc2)c1. The monoisotopic (exact) mass is 462 g/mol. The Hall–Kier alpha value is -4.78. The Labute approximate surface area is 204 Å². The number of aromatic nitrogens is 1. The zero-order valence-corrected chi connectivity index (χ0v) is 19.6. The van der Waals surface area contributed by atoms with Crippen LogP contribution >= 0.6 is 0 Å². The summed E-state index contributed by atoms with van der Waals surface area (Å²) in [6, 6.07) is 24.5. The second-order valence-corrected chi connectivity index (χ2v) is 7.79. The Morgan fingerprint density at radius 2 is 1.74 bits per heavy atom. The van der Waals surface area contributed by atoms with E-state index in [9.17, 15) is 4.79 Å². The zero-order chi connectivity index (χ0) is 24.6. The lowest BCUT2D eigenvalue weighted by atomic mass is 10.1. The number of amidine groups is 1. The molecular formula is C28H26N6O. The van der Waals surface area contributed by atoms with Crippen LogP contribution in [-0.2, 0) is 0 Å². The standard InChI is InChI=1S/C28H26N6O/c1-19(29-2)17-27(30-3)33-23-8-6-7-20(18-23)28(35)34-22-13-11-21(12-14-22)32-26-15-16-31-25-10-5-4-9-24(25)26/h4-18,29H,3H2,1-2H3,(H,31,32)(H,34,35). The second-order valence-electron chi connectivity index (χ2n) is 7.79. The Morgan fingerprint density at radius 1 is 0.971 bits per heavy atom. The molecular weight excluding hydrogens is 436 g/mol. The van der Waals surface area contributed by atoms with Gasteiger partial charge in [-0.2, -0.15) is 0 Å². The fourth-order valence-corrected chi connectivity index (χ4v) is 3.43. The van der Waals surface area contributed by atoms with Gasteiger partial charge >= 0.3 is 0 Å². The maximum Gasteiger partial charge on any atom is 0.255 e. The number of amides is 1. The molecule has 0 aliphatic heterocycles. The van der Waals surface area contributed by atoms with Crippen LogP contribution in [0.5, 0.6) is 0 Å². The third-order valence-corrected chi connectivity index (χ3v) is 5.32. The van der Waals surface area contributed by atoms with Gasteiger partial charge in [0.2, 0.25) is 0 Å². The highest BCUT2D eigenvalue weighted by Gasteiger charge is 2.08. The summed E-state index contributed by atoms with van der Waals surface area (Å²) in [6.45, 7) is 5.47. The molecule has 0 fully saturated rings. The molecule has 0 aliphatic carbocycles. The van der Waals surface area contributed by atoms with E-state index >= 15 is 0 Å². The number of nitrogens with zero attached hydrogens (tertiary/aromatic N) is 3. The number of para-hydroxylation sites is 1. The number of fused-ring (bicyclic) bond motifs is 1. The molecule has 0 aliphatic rings. The van der Waals surface area contributed by atoms with Crippen molar-refractivity contribution in [3.05, 3.63) is 102 Å². The maximum absolute atomic E-state index is 12.8. The molecule has 7 heteroatoms. The Balaban J connectivity index is 1.46. The zero-order valence-electron chi connectivity index (χ0n) is 19.6. The number of rotatable bonds is 7. The van der Waals surface area contributed by atoms with Crippen LogP contribution in [0.15, 0.2) is 107 Å². The molecule has 1 heterocycles. The number of nitrogens with one attached hydrogen (secondary N) is 3. The fourth-order valence-electron chi connectivity index (χ4n) is 3.43. The third-order valence-electron chi connectivity index (χ3n) is 5.32. The molecule has 0 spiro atoms. The van der Waals surface area contributed by atoms with Crippen molar-refractivity contribution in [2.24, 2.45) is 9.98 Å². The van der Waals surface area contributed by atoms with Crippen LogP contribution in [0.3, 0.4) is 0 Å². The highest BCUT2D eigenvalue weighted by Crippen LogP contribution is 2.26. The van der Waals surface area contributed by atoms with Crippen LogP contribution in [0.4, 0.5) is 22.7 Å². The number of hydrogen-bond donors (Lipinski definition) is 3. The molecule has 3 aromatic carbocycles. The first-order valence-corrected chi connectivity index (χ1v) is 11.1. The number of pyridine rings is 1. The molecule has 0 bridgehead atoms. The lowest BCUT2D eigenvalue weighted by Crippen LogP contribution is -2.11. The summed E-state index contributed by atoms with van der Waals surface area (Å²) in [5.74, 6) is 0.234. The number of aliphatic imine (C=N–C) groups is 2. The van der Waals surface area contributed by atoms with Gasteiger partial charge in [-0.15, -0.1) is 0 Å². The van der Waals surface area contributed by atoms with Crippen LogP contribution in [-0.4, -0.2) is 30.5 Å². The molecule has 0 unspecified atom stereocenters. The second kappa shape index (κ2) is 10.9. The summed E-state index contributed by atoms with van der Waals surface area (Å²) in [5.41, 5.74) is 5.51. The molecule has 0 radical (unpaired) electrons. The van der Waals surface area contributed by atoms with Gasteiger partial charge in [0.1, 0.15) is 0 Å². The van der Waals surface area contributed by atoms with Crippen molar-refractivity contribution in [2.75, 3.05) is 17.7 Å². The lowest BCUT2D eigenvalue weighted by molar-refractivity contribution is 0.102. The van der Waals surface area contributed by atoms with Gasteiger partial charge in [0, 0.05) is 53.0 Å². The Morgan fingerprint density at radius 3 is 2.51 bits per heavy atom. The first kappa shape index (κ1) is 23.4. The van der Waals surface area contributed by atoms with Crippen molar-refractivity contribution < 1.29 is 4.79 Å². The molecule has 0 saturated carbocycles. The van der Waals surface area contributed by atoms with Gasteiger partial charge in [0.25, 0.3) is 5.91 Å². The summed E-state index contributed by atoms with van der Waals surface area (Å²) >= 11 is 0. The van der Waals surface area contributed by atoms with Gasteiger partial charge in [0.05, 0.1) is 11.2 Å². The van der Waals surface area contributed by atoms with Crippen LogP contribution in [0, 0.1) is 0 Å². The largest absolute Gasteiger partial charge is 0.392 e. The molecule has 35 heavy (non-hydrogen) atoms. The first-order chi connectivity index (χ1) is 17.1. The van der Waals surface area contributed by atoms with Crippen molar-refractivity contribution >= 4 is 52.1 Å². The average molecular weight is 463 g/mol. The van der Waals surface area contributed by atoms with E-state index in [1.54, 1.807) is 30.5 Å². The number of hydrogen-bond acceptors (Lipinski definition) is 5. The number of benzene rings is 3. The van der Waals surface area contributed by atoms with Crippen LogP contribution in [0.25, 0.3) is 10.9 Å². The van der Waals surface area contributed by atoms with E-state index in [-0.39, 0.29) is 5.91 Å². The van der Waals surface area contributed by atoms with E-state index < -0.39 is 0 Å². The van der Waals surface area contributed by atoms with Gasteiger partial charge in [-0.25, -0.2) is 9.98 Å². The van der Waals surface area contributed by atoms with E-state index in [1.165, 1.54) is 0 Å². The van der Waals surface area contributed by atoms with Gasteiger partial charge in [-0.05, 0) is 68.2 Å². The Kier molecular flexibility index (Phi) is 7.28. The van der Waals surface area contributed by atoms with Crippen molar-refractivity contribution in [1.82, 2.24) is 10.3 Å². The van der Waals surface area contributed by atoms with Gasteiger partial charge in [-0.1, -0.05) is 24.3 Å². The third kappa shape index (κ3) is 5.97. The number of allylic oxidation sites excluding steroid dienone is 1. The average Bonchev–Trinajstić information content (AvgIpc) is 2.89. The van der Waals surface area contributed by atoms with E-state index in [2.05, 4.69) is 37.6 Å². The lowest BCUT2D eigenvalue weighted by Gasteiger charge is -2.11. The molecule has 1 aromatic heterocycles. The molecule has 0 atom stereocenters. The van der Waals surface area contributed by atoms with E-state index in [0.717, 1.165) is 28.0 Å². The number of carbonyl (C=O) groups excluding carboxylic acids is 1. The number of carbonyl (C=O) groups is 1. The van der Waals surface area contributed by atoms with Crippen molar-refractivity contribution in [1.29, 1.82) is 0 Å². The minimum Gasteiger partial charge on any atom is -0.392 e. The van der Waals surface area contributed by atoms with Gasteiger partial charge < -0.3 is 16.0 Å². The van der Waals surface area contributed by atoms with Crippen LogP contribution < -0.4 is 16.0 Å². The first-order valence-electron chi connectivity index (χ1n) is 11.1. The number of anilines is 3. The van der Waals surface area contributed by atoms with Crippen molar-refractivity contribution in [2.45, 2.75) is 6.92 Å². The normalized spacial score (nSPS) is 11.7. The smallest absolute Gasteiger partial charge is 0.255 e. The summed E-state index contributed by atoms with van der Waals surface area (Å²) in [5, 5.41) is 10.4. The molecule has 4 aromatic rings. The van der Waals surface area contributed by atoms with E-state index in [1.807, 2.05) is 74.6 Å². The van der Waals surface area contributed by atoms with Crippen molar-refractivity contribution in [3.63, 3.8) is 0 Å². The quantitative estimate of drug-likeness (QED) is 0.229. The maximum atomic E-state index is 12.8. The summed E-state index contributed by atoms with van der Waals surface area (Å²) in [7, 11) is 1.82. The Bertz CT molecular complexity index is 1420. The van der Waals surface area contributed by atoms with Crippen molar-refractivity contribution in [3.8, 4) is 0 Å². The predicted octanol–water partition coefficient (Wildman–Crippen LogP) is 6.08. The molecule has 4 rings (SSSR count). The molecule has 3 N–H and O–H groups in total. The highest BCUT2D eigenvalue weighted by atomic mass is 16.1. The topological polar surface area (TPSA) is 90.8 Å². The molecule has 7 nitrogen and oxygen atoms in total. The minimum absolute atomic E-state index is 0.224.